The van der Waals surface area contributed by atoms with E-state index in [0.717, 1.165) is 16.9 Å². The molecule has 0 aliphatic rings. The third-order valence-electron chi connectivity index (χ3n) is 2.46. The summed E-state index contributed by atoms with van der Waals surface area (Å²) in [5.41, 5.74) is 2.09. The molecule has 0 aliphatic carbocycles. The van der Waals surface area contributed by atoms with Crippen LogP contribution in [-0.2, 0) is 6.61 Å². The summed E-state index contributed by atoms with van der Waals surface area (Å²) in [6.45, 7) is 0.548. The molecular weight excluding hydrogens is 222 g/mol. The van der Waals surface area contributed by atoms with E-state index in [4.69, 9.17) is 10.00 Å². The van der Waals surface area contributed by atoms with Gasteiger partial charge in [-0.25, -0.2) is 0 Å². The standard InChI is InChI=1S/C16H13NO/c17-11-5-9-14-8-4-10-16(12-14)18-13-15-6-2-1-3-7-15/h1-10,12H,13H2/b9-5+. The highest BCUT2D eigenvalue weighted by Crippen LogP contribution is 2.16. The summed E-state index contributed by atoms with van der Waals surface area (Å²) in [4.78, 5) is 0. The quantitative estimate of drug-likeness (QED) is 0.755. The first-order valence-corrected chi connectivity index (χ1v) is 5.71. The first-order chi connectivity index (χ1) is 8.88. The number of nitrogens with zero attached hydrogens (tertiary/aromatic N) is 1. The number of nitriles is 1. The van der Waals surface area contributed by atoms with E-state index in [1.165, 1.54) is 6.08 Å². The lowest BCUT2D eigenvalue weighted by atomic mass is 10.2. The number of ether oxygens (including phenoxy) is 1. The lowest BCUT2D eigenvalue weighted by Gasteiger charge is -2.06. The van der Waals surface area contributed by atoms with E-state index >= 15 is 0 Å². The first-order valence-electron chi connectivity index (χ1n) is 5.71. The molecule has 0 spiro atoms. The van der Waals surface area contributed by atoms with Crippen molar-refractivity contribution in [3.05, 3.63) is 71.8 Å². The van der Waals surface area contributed by atoms with Crippen molar-refractivity contribution in [2.75, 3.05) is 0 Å². The van der Waals surface area contributed by atoms with Gasteiger partial charge in [-0.2, -0.15) is 5.26 Å². The van der Waals surface area contributed by atoms with Crippen LogP contribution >= 0.6 is 0 Å². The van der Waals surface area contributed by atoms with Crippen LogP contribution in [0.25, 0.3) is 6.08 Å². The average molecular weight is 235 g/mol. The minimum Gasteiger partial charge on any atom is -0.489 e. The minimum atomic E-state index is 0.548. The molecule has 2 rings (SSSR count). The Morgan fingerprint density at radius 3 is 2.67 bits per heavy atom. The van der Waals surface area contributed by atoms with Gasteiger partial charge < -0.3 is 4.74 Å². The van der Waals surface area contributed by atoms with Crippen LogP contribution < -0.4 is 4.74 Å². The van der Waals surface area contributed by atoms with Gasteiger partial charge in [0.05, 0.1) is 6.07 Å². The summed E-state index contributed by atoms with van der Waals surface area (Å²) in [7, 11) is 0. The van der Waals surface area contributed by atoms with Crippen molar-refractivity contribution < 1.29 is 4.74 Å². The number of hydrogen-bond donors (Lipinski definition) is 0. The van der Waals surface area contributed by atoms with Crippen molar-refractivity contribution in [3.8, 4) is 11.8 Å². The minimum absolute atomic E-state index is 0.548. The van der Waals surface area contributed by atoms with Crippen LogP contribution in [0.5, 0.6) is 5.75 Å². The van der Waals surface area contributed by atoms with Crippen LogP contribution in [0, 0.1) is 11.3 Å². The highest BCUT2D eigenvalue weighted by molar-refractivity contribution is 5.53. The van der Waals surface area contributed by atoms with Crippen molar-refractivity contribution in [1.82, 2.24) is 0 Å². The Bertz CT molecular complexity index is 567. The zero-order valence-electron chi connectivity index (χ0n) is 9.91. The zero-order valence-corrected chi connectivity index (χ0v) is 9.91. The molecule has 0 heterocycles. The molecule has 88 valence electrons. The van der Waals surface area contributed by atoms with Crippen LogP contribution in [0.4, 0.5) is 0 Å². The second-order valence-electron chi connectivity index (χ2n) is 3.81. The van der Waals surface area contributed by atoms with Gasteiger partial charge in [-0.1, -0.05) is 42.5 Å². The Balaban J connectivity index is 2.02. The smallest absolute Gasteiger partial charge is 0.120 e. The highest BCUT2D eigenvalue weighted by atomic mass is 16.5. The largest absolute Gasteiger partial charge is 0.489 e. The molecule has 0 atom stereocenters. The summed E-state index contributed by atoms with van der Waals surface area (Å²) in [5, 5.41) is 8.48. The van der Waals surface area contributed by atoms with Crippen molar-refractivity contribution in [2.24, 2.45) is 0 Å². The number of rotatable bonds is 4. The fourth-order valence-corrected chi connectivity index (χ4v) is 1.58. The van der Waals surface area contributed by atoms with Crippen LogP contribution in [0.3, 0.4) is 0 Å². The van der Waals surface area contributed by atoms with E-state index in [9.17, 15) is 0 Å². The van der Waals surface area contributed by atoms with E-state index in [-0.39, 0.29) is 0 Å². The Kier molecular flexibility index (Phi) is 4.16. The summed E-state index contributed by atoms with van der Waals surface area (Å²) in [6, 6.07) is 19.7. The molecule has 0 fully saturated rings. The molecule has 0 unspecified atom stereocenters. The Morgan fingerprint density at radius 2 is 1.89 bits per heavy atom. The molecule has 0 radical (unpaired) electrons. The van der Waals surface area contributed by atoms with Crippen molar-refractivity contribution >= 4 is 6.08 Å². The molecule has 0 aromatic heterocycles. The molecular formula is C16H13NO. The van der Waals surface area contributed by atoms with Gasteiger partial charge in [0.15, 0.2) is 0 Å². The van der Waals surface area contributed by atoms with Crippen LogP contribution in [0.15, 0.2) is 60.7 Å². The lowest BCUT2D eigenvalue weighted by molar-refractivity contribution is 0.306. The molecule has 0 saturated carbocycles. The van der Waals surface area contributed by atoms with Crippen molar-refractivity contribution in [3.63, 3.8) is 0 Å². The molecule has 0 saturated heterocycles. The van der Waals surface area contributed by atoms with E-state index in [2.05, 4.69) is 0 Å². The van der Waals surface area contributed by atoms with E-state index in [1.807, 2.05) is 60.7 Å². The predicted molar refractivity (Wildman–Crippen MR) is 71.9 cm³/mol. The predicted octanol–water partition coefficient (Wildman–Crippen LogP) is 3.80. The third-order valence-corrected chi connectivity index (χ3v) is 2.46. The molecule has 2 nitrogen and oxygen atoms in total. The van der Waals surface area contributed by atoms with E-state index in [1.54, 1.807) is 6.08 Å². The molecule has 0 N–H and O–H groups in total. The maximum absolute atomic E-state index is 8.48. The van der Waals surface area contributed by atoms with Gasteiger partial charge in [0.25, 0.3) is 0 Å². The van der Waals surface area contributed by atoms with Crippen LogP contribution in [0.2, 0.25) is 0 Å². The maximum Gasteiger partial charge on any atom is 0.120 e. The molecule has 18 heavy (non-hydrogen) atoms. The first kappa shape index (κ1) is 11.9. The number of benzene rings is 2. The van der Waals surface area contributed by atoms with E-state index < -0.39 is 0 Å². The monoisotopic (exact) mass is 235 g/mol. The Hall–Kier alpha value is -2.53. The summed E-state index contributed by atoms with van der Waals surface area (Å²) >= 11 is 0. The van der Waals surface area contributed by atoms with Crippen molar-refractivity contribution in [1.29, 1.82) is 5.26 Å². The SMILES string of the molecule is N#C/C=C/c1cccc(OCc2ccccc2)c1. The fraction of sp³-hybridized carbons (Fsp3) is 0.0625. The Labute approximate surface area is 107 Å². The molecule has 2 heteroatoms. The van der Waals surface area contributed by atoms with Gasteiger partial charge in [-0.15, -0.1) is 0 Å². The van der Waals surface area contributed by atoms with Gasteiger partial charge in [0.1, 0.15) is 12.4 Å². The second kappa shape index (κ2) is 6.27. The van der Waals surface area contributed by atoms with Crippen molar-refractivity contribution in [2.45, 2.75) is 6.61 Å². The molecule has 0 amide bonds. The number of hydrogen-bond acceptors (Lipinski definition) is 2. The molecule has 2 aromatic rings. The molecule has 2 aromatic carbocycles. The molecule has 0 bridgehead atoms. The summed E-state index contributed by atoms with van der Waals surface area (Å²) < 4.78 is 5.70. The van der Waals surface area contributed by atoms with Gasteiger partial charge in [-0.05, 0) is 29.3 Å². The van der Waals surface area contributed by atoms with Crippen LogP contribution in [0.1, 0.15) is 11.1 Å². The fourth-order valence-electron chi connectivity index (χ4n) is 1.58. The Morgan fingerprint density at radius 1 is 1.06 bits per heavy atom. The second-order valence-corrected chi connectivity index (χ2v) is 3.81. The van der Waals surface area contributed by atoms with Crippen LogP contribution in [-0.4, -0.2) is 0 Å². The van der Waals surface area contributed by atoms with Gasteiger partial charge >= 0.3 is 0 Å². The highest BCUT2D eigenvalue weighted by Gasteiger charge is 1.96. The third kappa shape index (κ3) is 3.50. The topological polar surface area (TPSA) is 33.0 Å². The van der Waals surface area contributed by atoms with Gasteiger partial charge in [-0.3, -0.25) is 0 Å². The summed E-state index contributed by atoms with van der Waals surface area (Å²) in [6.07, 6.45) is 3.21. The average Bonchev–Trinajstić information content (AvgIpc) is 2.44. The van der Waals surface area contributed by atoms with E-state index in [0.29, 0.717) is 6.61 Å². The normalized spacial score (nSPS) is 10.2. The summed E-state index contributed by atoms with van der Waals surface area (Å²) in [5.74, 6) is 0.805. The molecule has 0 aliphatic heterocycles. The van der Waals surface area contributed by atoms with Gasteiger partial charge in [0, 0.05) is 6.08 Å². The maximum atomic E-state index is 8.48. The van der Waals surface area contributed by atoms with Gasteiger partial charge in [0.2, 0.25) is 0 Å². The number of allylic oxidation sites excluding steroid dienone is 1. The lowest BCUT2D eigenvalue weighted by Crippen LogP contribution is -1.94. The zero-order chi connectivity index (χ0) is 12.6.